The molecule has 0 aliphatic heterocycles. The zero-order valence-corrected chi connectivity index (χ0v) is 16.7. The molecule has 0 saturated heterocycles. The molecule has 29 heavy (non-hydrogen) atoms. The van der Waals surface area contributed by atoms with Crippen LogP contribution in [0, 0.1) is 6.92 Å². The highest BCUT2D eigenvalue weighted by molar-refractivity contribution is 6.31. The Morgan fingerprint density at radius 2 is 1.86 bits per heavy atom. The molecule has 0 bridgehead atoms. The number of aromatic nitrogens is 2. The standard InChI is InChI=1S/C21H19ClN4O3/c1-3-26-21(29)16-7-5-4-6-15(16)19(25-26)20(28)24-23-18(27)11-10-14-9-8-13(2)17(22)12-14/h4-12H,3H2,1-2H3,(H,23,27)(H,24,28)/b11-10+. The Bertz CT molecular complexity index is 1180. The topological polar surface area (TPSA) is 93.1 Å². The molecule has 8 heteroatoms. The highest BCUT2D eigenvalue weighted by Gasteiger charge is 2.16. The van der Waals surface area contributed by atoms with Gasteiger partial charge in [-0.25, -0.2) is 4.68 Å². The van der Waals surface area contributed by atoms with Gasteiger partial charge >= 0.3 is 0 Å². The van der Waals surface area contributed by atoms with Crippen molar-refractivity contribution in [1.82, 2.24) is 20.6 Å². The third-order valence-corrected chi connectivity index (χ3v) is 4.71. The van der Waals surface area contributed by atoms with Gasteiger partial charge in [0.15, 0.2) is 5.69 Å². The van der Waals surface area contributed by atoms with E-state index in [4.69, 9.17) is 11.6 Å². The van der Waals surface area contributed by atoms with Crippen LogP contribution in [0.3, 0.4) is 0 Å². The molecule has 7 nitrogen and oxygen atoms in total. The van der Waals surface area contributed by atoms with Crippen LogP contribution >= 0.6 is 11.6 Å². The minimum Gasteiger partial charge on any atom is -0.268 e. The summed E-state index contributed by atoms with van der Waals surface area (Å²) in [4.78, 5) is 36.9. The van der Waals surface area contributed by atoms with Gasteiger partial charge in [-0.05, 0) is 43.2 Å². The van der Waals surface area contributed by atoms with Gasteiger partial charge in [-0.2, -0.15) is 5.10 Å². The Morgan fingerprint density at radius 1 is 1.14 bits per heavy atom. The molecule has 3 aromatic rings. The van der Waals surface area contributed by atoms with Crippen LogP contribution in [0.4, 0.5) is 0 Å². The lowest BCUT2D eigenvalue weighted by molar-refractivity contribution is -0.117. The highest BCUT2D eigenvalue weighted by Crippen LogP contribution is 2.17. The van der Waals surface area contributed by atoms with Gasteiger partial charge in [-0.15, -0.1) is 0 Å². The second-order valence-electron chi connectivity index (χ2n) is 6.30. The lowest BCUT2D eigenvalue weighted by Crippen LogP contribution is -2.42. The molecule has 0 aliphatic carbocycles. The average molecular weight is 411 g/mol. The molecule has 2 amide bonds. The zero-order chi connectivity index (χ0) is 21.0. The fourth-order valence-corrected chi connectivity index (χ4v) is 2.91. The lowest BCUT2D eigenvalue weighted by Gasteiger charge is -2.10. The Hall–Kier alpha value is -3.45. The van der Waals surface area contributed by atoms with Crippen LogP contribution in [0.2, 0.25) is 5.02 Å². The number of nitrogens with zero attached hydrogens (tertiary/aromatic N) is 2. The Labute approximate surface area is 172 Å². The number of hydrazine groups is 1. The summed E-state index contributed by atoms with van der Waals surface area (Å²) < 4.78 is 1.21. The van der Waals surface area contributed by atoms with Crippen molar-refractivity contribution in [1.29, 1.82) is 0 Å². The molecule has 2 N–H and O–H groups in total. The molecular formula is C21H19ClN4O3. The summed E-state index contributed by atoms with van der Waals surface area (Å²) in [6.45, 7) is 3.96. The first kappa shape index (κ1) is 20.3. The van der Waals surface area contributed by atoms with Gasteiger partial charge in [0.2, 0.25) is 0 Å². The molecule has 148 valence electrons. The minimum absolute atomic E-state index is 0.0524. The van der Waals surface area contributed by atoms with Crippen LogP contribution in [0.15, 0.2) is 53.3 Å². The third-order valence-electron chi connectivity index (χ3n) is 4.30. The van der Waals surface area contributed by atoms with Gasteiger partial charge in [0.25, 0.3) is 17.4 Å². The Kier molecular flexibility index (Phi) is 6.09. The van der Waals surface area contributed by atoms with Gasteiger partial charge in [-0.1, -0.05) is 41.9 Å². The normalized spacial score (nSPS) is 11.0. The summed E-state index contributed by atoms with van der Waals surface area (Å²) in [7, 11) is 0. The van der Waals surface area contributed by atoms with E-state index >= 15 is 0 Å². The number of carbonyl (C=O) groups is 2. The minimum atomic E-state index is -0.622. The van der Waals surface area contributed by atoms with E-state index in [0.29, 0.717) is 22.3 Å². The fraction of sp³-hybridized carbons (Fsp3) is 0.143. The van der Waals surface area contributed by atoms with E-state index in [1.807, 2.05) is 19.1 Å². The number of fused-ring (bicyclic) bond motifs is 1. The predicted octanol–water partition coefficient (Wildman–Crippen LogP) is 2.85. The number of hydrogen-bond donors (Lipinski definition) is 2. The summed E-state index contributed by atoms with van der Waals surface area (Å²) in [5.74, 6) is -1.15. The fourth-order valence-electron chi connectivity index (χ4n) is 2.72. The first-order chi connectivity index (χ1) is 13.9. The van der Waals surface area contributed by atoms with E-state index in [9.17, 15) is 14.4 Å². The van der Waals surface area contributed by atoms with E-state index in [2.05, 4.69) is 16.0 Å². The van der Waals surface area contributed by atoms with Crippen LogP contribution in [0.5, 0.6) is 0 Å². The summed E-state index contributed by atoms with van der Waals surface area (Å²) in [6.07, 6.45) is 2.86. The number of rotatable bonds is 4. The molecule has 0 spiro atoms. The summed E-state index contributed by atoms with van der Waals surface area (Å²) in [6, 6.07) is 12.1. The first-order valence-electron chi connectivity index (χ1n) is 8.95. The monoisotopic (exact) mass is 410 g/mol. The molecule has 1 heterocycles. The van der Waals surface area contributed by atoms with Crippen LogP contribution in [0.1, 0.15) is 28.5 Å². The molecule has 2 aromatic carbocycles. The highest BCUT2D eigenvalue weighted by atomic mass is 35.5. The average Bonchev–Trinajstić information content (AvgIpc) is 2.73. The van der Waals surface area contributed by atoms with Crippen molar-refractivity contribution in [2.45, 2.75) is 20.4 Å². The van der Waals surface area contributed by atoms with Gasteiger partial charge < -0.3 is 0 Å². The maximum atomic E-state index is 12.6. The van der Waals surface area contributed by atoms with Gasteiger partial charge in [0, 0.05) is 23.0 Å². The maximum absolute atomic E-state index is 12.6. The first-order valence-corrected chi connectivity index (χ1v) is 9.33. The van der Waals surface area contributed by atoms with Crippen LogP contribution in [-0.2, 0) is 11.3 Å². The van der Waals surface area contributed by atoms with Crippen molar-refractivity contribution in [3.63, 3.8) is 0 Å². The number of hydrogen-bond acceptors (Lipinski definition) is 4. The third kappa shape index (κ3) is 4.52. The molecule has 0 unspecified atom stereocenters. The number of carbonyl (C=O) groups excluding carboxylic acids is 2. The number of amides is 2. The summed E-state index contributed by atoms with van der Waals surface area (Å²) in [5.41, 5.74) is 6.10. The van der Waals surface area contributed by atoms with Crippen LogP contribution < -0.4 is 16.4 Å². The molecule has 0 aliphatic rings. The van der Waals surface area contributed by atoms with E-state index in [1.165, 1.54) is 10.8 Å². The maximum Gasteiger partial charge on any atom is 0.290 e. The molecule has 0 atom stereocenters. The number of aryl methyl sites for hydroxylation is 2. The quantitative estimate of drug-likeness (QED) is 0.511. The lowest BCUT2D eigenvalue weighted by atomic mass is 10.1. The predicted molar refractivity (Wildman–Crippen MR) is 113 cm³/mol. The molecule has 0 fully saturated rings. The molecular weight excluding hydrogens is 392 g/mol. The van der Waals surface area contributed by atoms with Crippen molar-refractivity contribution in [3.8, 4) is 0 Å². The molecule has 0 radical (unpaired) electrons. The van der Waals surface area contributed by atoms with E-state index in [0.717, 1.165) is 11.1 Å². The molecule has 1 aromatic heterocycles. The van der Waals surface area contributed by atoms with Gasteiger partial charge in [0.05, 0.1) is 5.39 Å². The van der Waals surface area contributed by atoms with Gasteiger partial charge in [-0.3, -0.25) is 25.2 Å². The van der Waals surface area contributed by atoms with Crippen molar-refractivity contribution >= 4 is 40.3 Å². The Balaban J connectivity index is 1.74. The SMILES string of the molecule is CCn1nc(C(=O)NNC(=O)/C=C/c2ccc(C)c(Cl)c2)c2ccccc2c1=O. The van der Waals surface area contributed by atoms with E-state index in [1.54, 1.807) is 43.3 Å². The van der Waals surface area contributed by atoms with Crippen LogP contribution in [0.25, 0.3) is 16.8 Å². The van der Waals surface area contributed by atoms with Crippen molar-refractivity contribution in [2.24, 2.45) is 0 Å². The second kappa shape index (κ2) is 8.70. The van der Waals surface area contributed by atoms with Crippen molar-refractivity contribution in [3.05, 3.63) is 80.7 Å². The molecule has 0 saturated carbocycles. The van der Waals surface area contributed by atoms with Crippen molar-refractivity contribution in [2.75, 3.05) is 0 Å². The smallest absolute Gasteiger partial charge is 0.268 e. The largest absolute Gasteiger partial charge is 0.290 e. The van der Waals surface area contributed by atoms with E-state index in [-0.39, 0.29) is 11.3 Å². The zero-order valence-electron chi connectivity index (χ0n) is 15.9. The summed E-state index contributed by atoms with van der Waals surface area (Å²) >= 11 is 6.06. The van der Waals surface area contributed by atoms with Crippen LogP contribution in [-0.4, -0.2) is 21.6 Å². The number of benzene rings is 2. The summed E-state index contributed by atoms with van der Waals surface area (Å²) in [5, 5.41) is 5.52. The number of halogens is 1. The second-order valence-corrected chi connectivity index (χ2v) is 6.71. The number of nitrogens with one attached hydrogen (secondary N) is 2. The van der Waals surface area contributed by atoms with Gasteiger partial charge in [0.1, 0.15) is 0 Å². The van der Waals surface area contributed by atoms with E-state index < -0.39 is 11.8 Å². The Morgan fingerprint density at radius 3 is 2.55 bits per heavy atom. The van der Waals surface area contributed by atoms with Crippen molar-refractivity contribution < 1.29 is 9.59 Å². The molecule has 3 rings (SSSR count).